The van der Waals surface area contributed by atoms with E-state index in [9.17, 15) is 20.0 Å². The summed E-state index contributed by atoms with van der Waals surface area (Å²) in [5.74, 6) is -0.835. The maximum Gasteiger partial charge on any atom is 0.310 e. The monoisotopic (exact) mass is 351 g/mol. The van der Waals surface area contributed by atoms with Crippen LogP contribution >= 0.6 is 23.2 Å². The fourth-order valence-electron chi connectivity index (χ4n) is 2.16. The van der Waals surface area contributed by atoms with Gasteiger partial charge in [-0.2, -0.15) is 0 Å². The van der Waals surface area contributed by atoms with Crippen molar-refractivity contribution in [2.45, 2.75) is 0 Å². The largest absolute Gasteiger partial charge is 0.502 e. The van der Waals surface area contributed by atoms with Crippen LogP contribution in [0.2, 0.25) is 10.0 Å². The zero-order valence-corrected chi connectivity index (χ0v) is 12.8. The number of nitro benzene ring substituents is 1. The van der Waals surface area contributed by atoms with Crippen LogP contribution in [-0.4, -0.2) is 15.8 Å². The third-order valence-electron chi connectivity index (χ3n) is 3.22. The molecule has 116 valence electrons. The Morgan fingerprint density at radius 3 is 2.48 bits per heavy atom. The summed E-state index contributed by atoms with van der Waals surface area (Å²) in [6.45, 7) is 0. The number of rotatable bonds is 2. The maximum absolute atomic E-state index is 12.3. The van der Waals surface area contributed by atoms with Gasteiger partial charge in [-0.15, -0.1) is 0 Å². The number of benzene rings is 2. The average molecular weight is 352 g/mol. The van der Waals surface area contributed by atoms with Crippen LogP contribution in [0.15, 0.2) is 36.1 Å². The smallest absolute Gasteiger partial charge is 0.310 e. The van der Waals surface area contributed by atoms with Crippen LogP contribution in [0.4, 0.5) is 5.69 Å². The lowest BCUT2D eigenvalue weighted by Gasteiger charge is -2.01. The van der Waals surface area contributed by atoms with Gasteiger partial charge in [-0.1, -0.05) is 23.2 Å². The predicted molar refractivity (Wildman–Crippen MR) is 84.2 cm³/mol. The van der Waals surface area contributed by atoms with E-state index >= 15 is 0 Å². The summed E-state index contributed by atoms with van der Waals surface area (Å²) in [6, 6.07) is 6.68. The molecule has 1 aliphatic rings. The van der Waals surface area contributed by atoms with Crippen molar-refractivity contribution in [1.29, 1.82) is 0 Å². The molecule has 0 saturated carbocycles. The van der Waals surface area contributed by atoms with Gasteiger partial charge in [-0.25, -0.2) is 0 Å². The van der Waals surface area contributed by atoms with Crippen LogP contribution in [-0.2, 0) is 0 Å². The molecule has 3 rings (SSSR count). The van der Waals surface area contributed by atoms with E-state index in [0.717, 1.165) is 12.1 Å². The summed E-state index contributed by atoms with van der Waals surface area (Å²) in [6.07, 6.45) is 1.35. The predicted octanol–water partition coefficient (Wildman–Crippen LogP) is 4.22. The molecule has 0 amide bonds. The van der Waals surface area contributed by atoms with Crippen LogP contribution in [0.25, 0.3) is 6.08 Å². The maximum atomic E-state index is 12.3. The molecule has 0 saturated heterocycles. The summed E-state index contributed by atoms with van der Waals surface area (Å²) in [7, 11) is 0. The Morgan fingerprint density at radius 1 is 1.17 bits per heavy atom. The molecule has 8 heteroatoms. The van der Waals surface area contributed by atoms with Gasteiger partial charge in [0.1, 0.15) is 0 Å². The van der Waals surface area contributed by atoms with Crippen molar-refractivity contribution in [2.75, 3.05) is 0 Å². The van der Waals surface area contributed by atoms with E-state index in [0.29, 0.717) is 5.56 Å². The van der Waals surface area contributed by atoms with Gasteiger partial charge >= 0.3 is 5.69 Å². The highest BCUT2D eigenvalue weighted by molar-refractivity contribution is 6.39. The van der Waals surface area contributed by atoms with Crippen LogP contribution in [0.3, 0.4) is 0 Å². The number of ketones is 1. The number of nitro groups is 1. The van der Waals surface area contributed by atoms with E-state index in [2.05, 4.69) is 0 Å². The quantitative estimate of drug-likeness (QED) is 0.496. The molecule has 0 fully saturated rings. The average Bonchev–Trinajstić information content (AvgIpc) is 2.81. The number of fused-ring (bicyclic) bond motifs is 1. The molecule has 23 heavy (non-hydrogen) atoms. The Labute approximate surface area is 139 Å². The normalized spacial score (nSPS) is 14.7. The second kappa shape index (κ2) is 5.57. The lowest BCUT2D eigenvalue weighted by atomic mass is 10.1. The van der Waals surface area contributed by atoms with E-state index in [1.807, 2.05) is 0 Å². The fourth-order valence-corrected chi connectivity index (χ4v) is 2.59. The molecule has 0 bridgehead atoms. The van der Waals surface area contributed by atoms with E-state index in [-0.39, 0.29) is 27.1 Å². The first kappa shape index (κ1) is 15.3. The number of hydrogen-bond acceptors (Lipinski definition) is 5. The number of ether oxygens (including phenoxy) is 1. The van der Waals surface area contributed by atoms with E-state index < -0.39 is 22.1 Å². The van der Waals surface area contributed by atoms with Crippen molar-refractivity contribution in [3.05, 3.63) is 67.4 Å². The van der Waals surface area contributed by atoms with Crippen LogP contribution < -0.4 is 4.74 Å². The minimum Gasteiger partial charge on any atom is -0.502 e. The second-order valence-corrected chi connectivity index (χ2v) is 5.49. The third kappa shape index (κ3) is 2.62. The number of nitrogens with zero attached hydrogens (tertiary/aromatic N) is 1. The van der Waals surface area contributed by atoms with Crippen molar-refractivity contribution >= 4 is 40.7 Å². The van der Waals surface area contributed by atoms with Gasteiger partial charge in [0.25, 0.3) is 0 Å². The molecule has 1 heterocycles. The van der Waals surface area contributed by atoms with Crippen molar-refractivity contribution in [3.63, 3.8) is 0 Å². The number of phenolic OH excluding ortho intramolecular Hbond substituents is 1. The number of Topliss-reactive ketones (excluding diaryl/α,β-unsaturated/α-hetero) is 1. The molecule has 0 spiro atoms. The Hall–Kier alpha value is -2.57. The third-order valence-corrected chi connectivity index (χ3v) is 3.83. The molecule has 1 aliphatic heterocycles. The molecule has 1 N–H and O–H groups in total. The topological polar surface area (TPSA) is 89.7 Å². The number of carbonyl (C=O) groups excluding carboxylic acids is 1. The lowest BCUT2D eigenvalue weighted by molar-refractivity contribution is -0.385. The Kier molecular flexibility index (Phi) is 3.71. The van der Waals surface area contributed by atoms with Crippen molar-refractivity contribution in [1.82, 2.24) is 0 Å². The van der Waals surface area contributed by atoms with E-state index in [1.54, 1.807) is 0 Å². The van der Waals surface area contributed by atoms with Crippen molar-refractivity contribution in [3.8, 4) is 11.5 Å². The summed E-state index contributed by atoms with van der Waals surface area (Å²) in [5.41, 5.74) is 0.0910. The molecule has 0 radical (unpaired) electrons. The van der Waals surface area contributed by atoms with Crippen molar-refractivity contribution < 1.29 is 19.6 Å². The molecule has 6 nitrogen and oxygen atoms in total. The highest BCUT2D eigenvalue weighted by Gasteiger charge is 2.32. The molecule has 0 atom stereocenters. The Morgan fingerprint density at radius 2 is 1.87 bits per heavy atom. The number of hydrogen-bond donors (Lipinski definition) is 1. The van der Waals surface area contributed by atoms with Crippen LogP contribution in [0.1, 0.15) is 15.9 Å². The van der Waals surface area contributed by atoms with Gasteiger partial charge in [0.15, 0.2) is 17.3 Å². The molecule has 0 unspecified atom stereocenters. The molecular weight excluding hydrogens is 345 g/mol. The van der Waals surface area contributed by atoms with Gasteiger partial charge in [-0.3, -0.25) is 14.9 Å². The first-order valence-corrected chi connectivity index (χ1v) is 7.03. The van der Waals surface area contributed by atoms with Crippen molar-refractivity contribution in [2.24, 2.45) is 0 Å². The molecule has 0 aromatic heterocycles. The molecular formula is C15H7Cl2NO5. The summed E-state index contributed by atoms with van der Waals surface area (Å²) < 4.78 is 5.43. The highest BCUT2D eigenvalue weighted by Crippen LogP contribution is 2.42. The Balaban J connectivity index is 2.01. The summed E-state index contributed by atoms with van der Waals surface area (Å²) in [4.78, 5) is 22.3. The zero-order chi connectivity index (χ0) is 16.7. The van der Waals surface area contributed by atoms with Crippen LogP contribution in [0, 0.1) is 10.1 Å². The highest BCUT2D eigenvalue weighted by atomic mass is 35.5. The molecule has 2 aromatic carbocycles. The summed E-state index contributed by atoms with van der Waals surface area (Å²) in [5, 5.41) is 20.8. The first-order valence-electron chi connectivity index (χ1n) is 6.28. The number of aromatic hydroxyl groups is 1. The number of halogens is 2. The lowest BCUT2D eigenvalue weighted by Crippen LogP contribution is -1.98. The van der Waals surface area contributed by atoms with Gasteiger partial charge in [0.2, 0.25) is 5.78 Å². The zero-order valence-electron chi connectivity index (χ0n) is 11.2. The van der Waals surface area contributed by atoms with Gasteiger partial charge in [0, 0.05) is 6.07 Å². The fraction of sp³-hybridized carbons (Fsp3) is 0. The number of carbonyl (C=O) groups is 1. The standard InChI is InChI=1S/C15H7Cl2NO5/c16-8-2-3-9(17)15-13(8)14(20)12(23-15)6-7-1-4-10(18(21)22)11(19)5-7/h1-6,19H/b12-6-. The van der Waals surface area contributed by atoms with E-state index in [4.69, 9.17) is 27.9 Å². The minimum absolute atomic E-state index is 0.0387. The van der Waals surface area contributed by atoms with Gasteiger partial charge in [0.05, 0.1) is 20.5 Å². The minimum atomic E-state index is -0.709. The summed E-state index contributed by atoms with van der Waals surface area (Å²) >= 11 is 12.0. The Bertz CT molecular complexity index is 892. The van der Waals surface area contributed by atoms with Gasteiger partial charge in [-0.05, 0) is 35.9 Å². The SMILES string of the molecule is O=C1/C(=C/c2ccc([N+](=O)[O-])c(O)c2)Oc2c(Cl)ccc(Cl)c21. The molecule has 0 aliphatic carbocycles. The van der Waals surface area contributed by atoms with Crippen LogP contribution in [0.5, 0.6) is 11.5 Å². The number of allylic oxidation sites excluding steroid dienone is 1. The first-order chi connectivity index (χ1) is 10.9. The number of phenols is 1. The van der Waals surface area contributed by atoms with Gasteiger partial charge < -0.3 is 9.84 Å². The second-order valence-electron chi connectivity index (χ2n) is 4.68. The van der Waals surface area contributed by atoms with E-state index in [1.165, 1.54) is 24.3 Å². The molecule has 2 aromatic rings.